The first-order valence-electron chi connectivity index (χ1n) is 11.9. The van der Waals surface area contributed by atoms with Gasteiger partial charge in [-0.2, -0.15) is 0 Å². The van der Waals surface area contributed by atoms with Gasteiger partial charge in [-0.05, 0) is 98.0 Å². The van der Waals surface area contributed by atoms with Crippen molar-refractivity contribution in [2.45, 2.75) is 92.6 Å². The average molecular weight is 399 g/mol. The van der Waals surface area contributed by atoms with Crippen molar-refractivity contribution in [3.05, 3.63) is 34.4 Å². The number of aliphatic hydroxyl groups is 1. The zero-order valence-corrected chi connectivity index (χ0v) is 19.6. The molecule has 0 saturated heterocycles. The van der Waals surface area contributed by atoms with Crippen LogP contribution >= 0.6 is 0 Å². The van der Waals surface area contributed by atoms with Crippen LogP contribution in [0.1, 0.15) is 86.5 Å². The molecule has 0 spiro atoms. The van der Waals surface area contributed by atoms with Gasteiger partial charge in [-0.1, -0.05) is 51.0 Å². The zero-order valence-electron chi connectivity index (χ0n) is 19.6. The lowest BCUT2D eigenvalue weighted by Crippen LogP contribution is -2.53. The summed E-state index contributed by atoms with van der Waals surface area (Å²) >= 11 is 0. The third-order valence-electron chi connectivity index (χ3n) is 9.47. The minimum atomic E-state index is -0.149. The largest absolute Gasteiger partial charge is 0.393 e. The molecule has 5 unspecified atom stereocenters. The quantitative estimate of drug-likeness (QED) is 0.426. The van der Waals surface area contributed by atoms with Gasteiger partial charge in [0.25, 0.3) is 0 Å². The van der Waals surface area contributed by atoms with Crippen molar-refractivity contribution in [2.24, 2.45) is 28.1 Å². The monoisotopic (exact) mass is 398 g/mol. The molecule has 1 fully saturated rings. The van der Waals surface area contributed by atoms with E-state index < -0.39 is 0 Å². The standard InChI is InChI=1S/C27H42O2/c1-18(2)13-16-29-17-19-7-9-21-20-8-10-23-25(3,4)24(28)12-15-27(23,6)22(20)11-14-26(19,21)5/h9,13,19,23-24,28H,7-8,10-12,14-17H2,1-6H3. The minimum absolute atomic E-state index is 0.0254. The molecule has 1 N–H and O–H groups in total. The van der Waals surface area contributed by atoms with Crippen LogP contribution in [-0.2, 0) is 4.74 Å². The van der Waals surface area contributed by atoms with Crippen molar-refractivity contribution >= 4 is 0 Å². The van der Waals surface area contributed by atoms with Gasteiger partial charge in [0.15, 0.2) is 0 Å². The van der Waals surface area contributed by atoms with E-state index in [4.69, 9.17) is 4.74 Å². The van der Waals surface area contributed by atoms with Crippen molar-refractivity contribution in [1.82, 2.24) is 0 Å². The average Bonchev–Trinajstić information content (AvgIpc) is 2.99. The molecule has 0 aromatic carbocycles. The Hall–Kier alpha value is -0.860. The molecule has 2 nitrogen and oxygen atoms in total. The van der Waals surface area contributed by atoms with Gasteiger partial charge in [0.05, 0.1) is 19.3 Å². The molecule has 0 aromatic heterocycles. The summed E-state index contributed by atoms with van der Waals surface area (Å²) in [4.78, 5) is 0. The van der Waals surface area contributed by atoms with Crippen LogP contribution in [0.3, 0.4) is 0 Å². The van der Waals surface area contributed by atoms with Gasteiger partial charge in [-0.25, -0.2) is 0 Å². The van der Waals surface area contributed by atoms with Crippen LogP contribution in [0.2, 0.25) is 0 Å². The van der Waals surface area contributed by atoms with E-state index in [1.807, 2.05) is 0 Å². The molecule has 0 aromatic rings. The highest BCUT2D eigenvalue weighted by molar-refractivity contribution is 5.49. The molecule has 0 bridgehead atoms. The number of hydrogen-bond acceptors (Lipinski definition) is 2. The van der Waals surface area contributed by atoms with Crippen LogP contribution in [-0.4, -0.2) is 24.4 Å². The summed E-state index contributed by atoms with van der Waals surface area (Å²) < 4.78 is 6.07. The third-order valence-corrected chi connectivity index (χ3v) is 9.47. The molecule has 2 heteroatoms. The lowest BCUT2D eigenvalue weighted by atomic mass is 9.46. The van der Waals surface area contributed by atoms with E-state index in [1.165, 1.54) is 37.7 Å². The fourth-order valence-corrected chi connectivity index (χ4v) is 7.46. The maximum absolute atomic E-state index is 10.7. The highest BCUT2D eigenvalue weighted by Crippen LogP contribution is 2.65. The summed E-state index contributed by atoms with van der Waals surface area (Å²) in [5.41, 5.74) is 7.04. The van der Waals surface area contributed by atoms with Crippen molar-refractivity contribution < 1.29 is 9.84 Å². The molecule has 4 rings (SSSR count). The summed E-state index contributed by atoms with van der Waals surface area (Å²) in [7, 11) is 0. The SMILES string of the molecule is CC(C)=CCOCC1CC=C2C3=C(CCC21C)C1(C)CCC(O)C(C)(C)C1CC3. The van der Waals surface area contributed by atoms with E-state index in [0.29, 0.717) is 11.8 Å². The Morgan fingerprint density at radius 3 is 2.59 bits per heavy atom. The fraction of sp³-hybridized carbons (Fsp3) is 0.778. The number of fused-ring (bicyclic) bond motifs is 4. The first-order valence-corrected chi connectivity index (χ1v) is 11.9. The molecule has 0 radical (unpaired) electrons. The number of hydrogen-bond donors (Lipinski definition) is 1. The molecule has 1 saturated carbocycles. The Balaban J connectivity index is 1.57. The van der Waals surface area contributed by atoms with Crippen LogP contribution in [0, 0.1) is 28.1 Å². The van der Waals surface area contributed by atoms with E-state index in [2.05, 4.69) is 53.7 Å². The maximum Gasteiger partial charge on any atom is 0.0650 e. The van der Waals surface area contributed by atoms with Crippen LogP contribution in [0.25, 0.3) is 0 Å². The third kappa shape index (κ3) is 3.30. The molecule has 4 aliphatic rings. The highest BCUT2D eigenvalue weighted by atomic mass is 16.5. The Morgan fingerprint density at radius 1 is 1.10 bits per heavy atom. The maximum atomic E-state index is 10.7. The molecule has 29 heavy (non-hydrogen) atoms. The van der Waals surface area contributed by atoms with Crippen molar-refractivity contribution in [3.8, 4) is 0 Å². The summed E-state index contributed by atoms with van der Waals surface area (Å²) in [6.45, 7) is 15.6. The van der Waals surface area contributed by atoms with E-state index >= 15 is 0 Å². The van der Waals surface area contributed by atoms with Crippen molar-refractivity contribution in [1.29, 1.82) is 0 Å². The molecule has 4 aliphatic carbocycles. The normalized spacial score (nSPS) is 40.7. The van der Waals surface area contributed by atoms with Gasteiger partial charge in [0.1, 0.15) is 0 Å². The molecule has 162 valence electrons. The predicted octanol–water partition coefficient (Wildman–Crippen LogP) is 6.61. The second-order valence-electron chi connectivity index (χ2n) is 11.6. The Morgan fingerprint density at radius 2 is 1.86 bits per heavy atom. The second kappa shape index (κ2) is 7.38. The molecule has 0 heterocycles. The number of rotatable bonds is 4. The number of aliphatic hydroxyl groups excluding tert-OH is 1. The summed E-state index contributed by atoms with van der Waals surface area (Å²) in [6.07, 6.45) is 12.8. The summed E-state index contributed by atoms with van der Waals surface area (Å²) in [6, 6.07) is 0. The van der Waals surface area contributed by atoms with Gasteiger partial charge < -0.3 is 9.84 Å². The molecule has 0 aliphatic heterocycles. The molecule has 0 amide bonds. The lowest BCUT2D eigenvalue weighted by molar-refractivity contribution is -0.0905. The van der Waals surface area contributed by atoms with Gasteiger partial charge >= 0.3 is 0 Å². The molecular weight excluding hydrogens is 356 g/mol. The van der Waals surface area contributed by atoms with Crippen LogP contribution in [0.4, 0.5) is 0 Å². The zero-order chi connectivity index (χ0) is 21.0. The van der Waals surface area contributed by atoms with Crippen LogP contribution in [0.5, 0.6) is 0 Å². The van der Waals surface area contributed by atoms with Gasteiger partial charge in [-0.3, -0.25) is 0 Å². The first-order chi connectivity index (χ1) is 13.6. The molecule has 5 atom stereocenters. The Kier molecular flexibility index (Phi) is 5.44. The van der Waals surface area contributed by atoms with Gasteiger partial charge in [0.2, 0.25) is 0 Å². The van der Waals surface area contributed by atoms with E-state index in [-0.39, 0.29) is 22.3 Å². The summed E-state index contributed by atoms with van der Waals surface area (Å²) in [5, 5.41) is 10.7. The van der Waals surface area contributed by atoms with E-state index in [1.54, 1.807) is 16.7 Å². The Labute approximate surface area is 178 Å². The predicted molar refractivity (Wildman–Crippen MR) is 121 cm³/mol. The van der Waals surface area contributed by atoms with Crippen molar-refractivity contribution in [3.63, 3.8) is 0 Å². The lowest BCUT2D eigenvalue weighted by Gasteiger charge is -2.59. The van der Waals surface area contributed by atoms with Crippen LogP contribution in [0.15, 0.2) is 34.4 Å². The van der Waals surface area contributed by atoms with E-state index in [9.17, 15) is 5.11 Å². The van der Waals surface area contributed by atoms with Gasteiger partial charge in [-0.15, -0.1) is 0 Å². The first kappa shape index (κ1) is 21.4. The highest BCUT2D eigenvalue weighted by Gasteiger charge is 2.57. The van der Waals surface area contributed by atoms with E-state index in [0.717, 1.165) is 26.1 Å². The number of allylic oxidation sites excluding steroid dienone is 5. The Bertz CT molecular complexity index is 750. The topological polar surface area (TPSA) is 29.5 Å². The van der Waals surface area contributed by atoms with Crippen LogP contribution < -0.4 is 0 Å². The van der Waals surface area contributed by atoms with Gasteiger partial charge in [0, 0.05) is 0 Å². The number of ether oxygens (including phenoxy) is 1. The second-order valence-corrected chi connectivity index (χ2v) is 11.6. The summed E-state index contributed by atoms with van der Waals surface area (Å²) in [5.74, 6) is 1.22. The molecular formula is C27H42O2. The minimum Gasteiger partial charge on any atom is -0.393 e. The fourth-order valence-electron chi connectivity index (χ4n) is 7.46. The van der Waals surface area contributed by atoms with Crippen molar-refractivity contribution in [2.75, 3.05) is 13.2 Å². The smallest absolute Gasteiger partial charge is 0.0650 e.